The third-order valence-electron chi connectivity index (χ3n) is 1.60. The predicted molar refractivity (Wildman–Crippen MR) is 52.4 cm³/mol. The molecular formula is C9H7BrN2O2. The highest BCUT2D eigenvalue weighted by Gasteiger charge is 2.08. The van der Waals surface area contributed by atoms with Gasteiger partial charge in [-0.3, -0.25) is 4.79 Å². The van der Waals surface area contributed by atoms with Crippen molar-refractivity contribution in [3.8, 4) is 6.07 Å². The van der Waals surface area contributed by atoms with Crippen LogP contribution < -0.4 is 0 Å². The molecule has 1 heterocycles. The van der Waals surface area contributed by atoms with Gasteiger partial charge in [0.15, 0.2) is 0 Å². The van der Waals surface area contributed by atoms with E-state index in [0.29, 0.717) is 15.9 Å². The fraction of sp³-hybridized carbons (Fsp3) is 0.222. The second kappa shape index (κ2) is 4.72. The van der Waals surface area contributed by atoms with Crippen molar-refractivity contribution >= 4 is 21.9 Å². The minimum absolute atomic E-state index is 0.149. The molecule has 0 aliphatic rings. The van der Waals surface area contributed by atoms with Crippen LogP contribution >= 0.6 is 15.9 Å². The number of aromatic nitrogens is 1. The predicted octanol–water partition coefficient (Wildman–Crippen LogP) is 1.43. The van der Waals surface area contributed by atoms with Crippen molar-refractivity contribution in [2.45, 2.75) is 6.42 Å². The van der Waals surface area contributed by atoms with Crippen LogP contribution in [0.1, 0.15) is 11.3 Å². The maximum absolute atomic E-state index is 11.0. The molecule has 0 N–H and O–H groups in total. The molecule has 0 radical (unpaired) electrons. The Kier molecular flexibility index (Phi) is 3.60. The van der Waals surface area contributed by atoms with Crippen LogP contribution in [0.15, 0.2) is 16.7 Å². The summed E-state index contributed by atoms with van der Waals surface area (Å²) in [5, 5.41) is 8.56. The zero-order valence-electron chi connectivity index (χ0n) is 7.45. The number of hydrogen-bond donors (Lipinski definition) is 0. The Morgan fingerprint density at radius 1 is 1.71 bits per heavy atom. The minimum atomic E-state index is -0.336. The molecule has 5 heteroatoms. The van der Waals surface area contributed by atoms with Crippen LogP contribution in [-0.4, -0.2) is 18.1 Å². The van der Waals surface area contributed by atoms with E-state index in [1.807, 2.05) is 6.07 Å². The van der Waals surface area contributed by atoms with E-state index in [2.05, 4.69) is 25.7 Å². The number of halogens is 1. The Bertz CT molecular complexity index is 398. The van der Waals surface area contributed by atoms with Gasteiger partial charge in [0.1, 0.15) is 16.4 Å². The molecule has 0 fully saturated rings. The molecule has 0 aliphatic carbocycles. The van der Waals surface area contributed by atoms with Crippen LogP contribution in [-0.2, 0) is 16.0 Å². The van der Waals surface area contributed by atoms with E-state index in [1.165, 1.54) is 7.11 Å². The van der Waals surface area contributed by atoms with Gasteiger partial charge >= 0.3 is 5.97 Å². The first kappa shape index (κ1) is 10.7. The van der Waals surface area contributed by atoms with Gasteiger partial charge in [-0.15, -0.1) is 0 Å². The van der Waals surface area contributed by atoms with Crippen molar-refractivity contribution < 1.29 is 9.53 Å². The number of methoxy groups -OCH3 is 1. The molecule has 0 saturated carbocycles. The van der Waals surface area contributed by atoms with E-state index in [0.717, 1.165) is 0 Å². The molecule has 1 rings (SSSR count). The van der Waals surface area contributed by atoms with Gasteiger partial charge in [0.2, 0.25) is 0 Å². The molecule has 1 aromatic rings. The lowest BCUT2D eigenvalue weighted by Gasteiger charge is -2.01. The monoisotopic (exact) mass is 254 g/mol. The SMILES string of the molecule is COC(=O)Cc1ccc(C#N)nc1Br. The Labute approximate surface area is 89.6 Å². The highest BCUT2D eigenvalue weighted by Crippen LogP contribution is 2.15. The number of ether oxygens (including phenoxy) is 1. The molecule has 0 amide bonds. The topological polar surface area (TPSA) is 63.0 Å². The first-order valence-corrected chi connectivity index (χ1v) is 4.59. The molecule has 0 unspecified atom stereocenters. The highest BCUT2D eigenvalue weighted by molar-refractivity contribution is 9.10. The molecule has 0 bridgehead atoms. The van der Waals surface area contributed by atoms with Crippen LogP contribution in [0, 0.1) is 11.3 Å². The zero-order valence-corrected chi connectivity index (χ0v) is 9.04. The summed E-state index contributed by atoms with van der Waals surface area (Å²) in [5.41, 5.74) is 1.02. The van der Waals surface area contributed by atoms with Crippen LogP contribution in [0.2, 0.25) is 0 Å². The summed E-state index contributed by atoms with van der Waals surface area (Å²) in [4.78, 5) is 14.9. The summed E-state index contributed by atoms with van der Waals surface area (Å²) in [6, 6.07) is 5.14. The number of esters is 1. The maximum atomic E-state index is 11.0. The molecule has 0 aliphatic heterocycles. The molecule has 0 atom stereocenters. The Morgan fingerprint density at radius 3 is 2.93 bits per heavy atom. The van der Waals surface area contributed by atoms with Crippen LogP contribution in [0.3, 0.4) is 0 Å². The molecular weight excluding hydrogens is 248 g/mol. The minimum Gasteiger partial charge on any atom is -0.469 e. The second-order valence-electron chi connectivity index (χ2n) is 2.51. The lowest BCUT2D eigenvalue weighted by atomic mass is 10.2. The van der Waals surface area contributed by atoms with Crippen molar-refractivity contribution in [1.29, 1.82) is 5.26 Å². The Balaban J connectivity index is 2.90. The van der Waals surface area contributed by atoms with Crippen molar-refractivity contribution in [3.05, 3.63) is 28.0 Å². The van der Waals surface area contributed by atoms with Gasteiger partial charge in [0, 0.05) is 0 Å². The van der Waals surface area contributed by atoms with Crippen LogP contribution in [0.4, 0.5) is 0 Å². The quantitative estimate of drug-likeness (QED) is 0.592. The first-order chi connectivity index (χ1) is 6.67. The number of nitriles is 1. The molecule has 0 spiro atoms. The fourth-order valence-corrected chi connectivity index (χ4v) is 1.35. The largest absolute Gasteiger partial charge is 0.469 e. The van der Waals surface area contributed by atoms with Crippen LogP contribution in [0.5, 0.6) is 0 Å². The number of carbonyl (C=O) groups is 1. The Morgan fingerprint density at radius 2 is 2.43 bits per heavy atom. The number of pyridine rings is 1. The van der Waals surface area contributed by atoms with Gasteiger partial charge in [-0.05, 0) is 27.6 Å². The van der Waals surface area contributed by atoms with E-state index >= 15 is 0 Å². The second-order valence-corrected chi connectivity index (χ2v) is 3.26. The average Bonchev–Trinajstić information content (AvgIpc) is 2.20. The standard InChI is InChI=1S/C9H7BrN2O2/c1-14-8(13)4-6-2-3-7(5-11)12-9(6)10/h2-3H,4H2,1H3. The zero-order chi connectivity index (χ0) is 10.6. The lowest BCUT2D eigenvalue weighted by molar-refractivity contribution is -0.139. The first-order valence-electron chi connectivity index (χ1n) is 3.79. The Hall–Kier alpha value is -1.41. The number of carbonyl (C=O) groups excluding carboxylic acids is 1. The van der Waals surface area contributed by atoms with E-state index < -0.39 is 0 Å². The summed E-state index contributed by atoms with van der Waals surface area (Å²) in [6.45, 7) is 0. The molecule has 14 heavy (non-hydrogen) atoms. The van der Waals surface area contributed by atoms with Crippen LogP contribution in [0.25, 0.3) is 0 Å². The molecule has 0 saturated heterocycles. The average molecular weight is 255 g/mol. The summed E-state index contributed by atoms with van der Waals surface area (Å²) in [6.07, 6.45) is 0.149. The molecule has 1 aromatic heterocycles. The van der Waals surface area contributed by atoms with Gasteiger partial charge in [-0.1, -0.05) is 6.07 Å². The smallest absolute Gasteiger partial charge is 0.310 e. The molecule has 72 valence electrons. The number of nitrogens with zero attached hydrogens (tertiary/aromatic N) is 2. The van der Waals surface area contributed by atoms with E-state index in [4.69, 9.17) is 5.26 Å². The van der Waals surface area contributed by atoms with Gasteiger partial charge in [-0.2, -0.15) is 5.26 Å². The third-order valence-corrected chi connectivity index (χ3v) is 2.29. The summed E-state index contributed by atoms with van der Waals surface area (Å²) in [7, 11) is 1.33. The normalized spacial score (nSPS) is 9.21. The van der Waals surface area contributed by atoms with Crippen molar-refractivity contribution in [2.75, 3.05) is 7.11 Å². The summed E-state index contributed by atoms with van der Waals surface area (Å²) < 4.78 is 5.01. The highest BCUT2D eigenvalue weighted by atomic mass is 79.9. The number of rotatable bonds is 2. The van der Waals surface area contributed by atoms with Crippen molar-refractivity contribution in [3.63, 3.8) is 0 Å². The lowest BCUT2D eigenvalue weighted by Crippen LogP contribution is -2.05. The van der Waals surface area contributed by atoms with Gasteiger partial charge in [0.05, 0.1) is 13.5 Å². The van der Waals surface area contributed by atoms with Gasteiger partial charge in [-0.25, -0.2) is 4.98 Å². The summed E-state index contributed by atoms with van der Waals surface area (Å²) >= 11 is 3.18. The van der Waals surface area contributed by atoms with E-state index in [9.17, 15) is 4.79 Å². The maximum Gasteiger partial charge on any atom is 0.310 e. The fourth-order valence-electron chi connectivity index (χ4n) is 0.885. The number of hydrogen-bond acceptors (Lipinski definition) is 4. The van der Waals surface area contributed by atoms with E-state index in [1.54, 1.807) is 12.1 Å². The van der Waals surface area contributed by atoms with Gasteiger partial charge in [0.25, 0.3) is 0 Å². The van der Waals surface area contributed by atoms with E-state index in [-0.39, 0.29) is 12.4 Å². The molecule has 0 aromatic carbocycles. The van der Waals surface area contributed by atoms with Gasteiger partial charge < -0.3 is 4.74 Å². The molecule has 4 nitrogen and oxygen atoms in total. The third kappa shape index (κ3) is 2.54. The van der Waals surface area contributed by atoms with Crippen molar-refractivity contribution in [1.82, 2.24) is 4.98 Å². The summed E-state index contributed by atoms with van der Waals surface area (Å²) in [5.74, 6) is -0.336. The van der Waals surface area contributed by atoms with Crippen molar-refractivity contribution in [2.24, 2.45) is 0 Å².